The molecule has 2 heterocycles. The molecule has 0 spiro atoms. The summed E-state index contributed by atoms with van der Waals surface area (Å²) in [5, 5.41) is 2.21. The normalized spacial score (nSPS) is 14.1. The van der Waals surface area contributed by atoms with Crippen LogP contribution in [0.3, 0.4) is 0 Å². The largest absolute Gasteiger partial charge is 0.456 e. The molecule has 0 amide bonds. The molecule has 0 fully saturated rings. The summed E-state index contributed by atoms with van der Waals surface area (Å²) in [4.78, 5) is 5.05. The number of benzene rings is 2. The molecule has 1 aliphatic carbocycles. The van der Waals surface area contributed by atoms with Gasteiger partial charge in [-0.05, 0) is 36.6 Å². The first kappa shape index (κ1) is 15.6. The number of fused-ring (bicyclic) bond motifs is 3. The highest BCUT2D eigenvalue weighted by atomic mass is 79.9. The van der Waals surface area contributed by atoms with Gasteiger partial charge < -0.3 is 4.42 Å². The zero-order valence-corrected chi connectivity index (χ0v) is 15.7. The molecule has 2 aromatic carbocycles. The highest BCUT2D eigenvalue weighted by Gasteiger charge is 2.17. The summed E-state index contributed by atoms with van der Waals surface area (Å²) in [5.41, 5.74) is 5.97. The van der Waals surface area contributed by atoms with Gasteiger partial charge in [0, 0.05) is 21.5 Å². The molecule has 1 aliphatic rings. The van der Waals surface area contributed by atoms with Crippen LogP contribution in [0.15, 0.2) is 81.7 Å². The van der Waals surface area contributed by atoms with Gasteiger partial charge in [-0.2, -0.15) is 0 Å². The highest BCUT2D eigenvalue weighted by molar-refractivity contribution is 9.10. The number of hydrogen-bond donors (Lipinski definition) is 0. The molecule has 0 saturated carbocycles. The Hall–Kier alpha value is -2.65. The number of allylic oxidation sites excluding steroid dienone is 4. The van der Waals surface area contributed by atoms with Gasteiger partial charge in [0.15, 0.2) is 0 Å². The maximum absolute atomic E-state index is 6.17. The summed E-state index contributed by atoms with van der Waals surface area (Å²) < 4.78 is 7.23. The van der Waals surface area contributed by atoms with E-state index in [1.165, 1.54) is 5.57 Å². The van der Waals surface area contributed by atoms with E-state index in [2.05, 4.69) is 64.5 Å². The van der Waals surface area contributed by atoms with E-state index in [-0.39, 0.29) is 0 Å². The van der Waals surface area contributed by atoms with Gasteiger partial charge in [-0.3, -0.25) is 0 Å². The van der Waals surface area contributed by atoms with Crippen molar-refractivity contribution < 1.29 is 4.42 Å². The van der Waals surface area contributed by atoms with Gasteiger partial charge >= 0.3 is 0 Å². The van der Waals surface area contributed by atoms with Gasteiger partial charge in [0.05, 0.1) is 16.8 Å². The number of rotatable bonds is 2. The summed E-state index contributed by atoms with van der Waals surface area (Å²) >= 11 is 3.50. The lowest BCUT2D eigenvalue weighted by Gasteiger charge is -2.10. The molecular weight excluding hydrogens is 386 g/mol. The van der Waals surface area contributed by atoms with Crippen molar-refractivity contribution in [3.63, 3.8) is 0 Å². The molecule has 2 nitrogen and oxygen atoms in total. The van der Waals surface area contributed by atoms with Crippen molar-refractivity contribution in [3.8, 4) is 11.3 Å². The van der Waals surface area contributed by atoms with E-state index in [4.69, 9.17) is 9.40 Å². The fourth-order valence-electron chi connectivity index (χ4n) is 3.51. The second kappa shape index (κ2) is 6.26. The first-order valence-electron chi connectivity index (χ1n) is 8.75. The minimum atomic E-state index is 0.883. The van der Waals surface area contributed by atoms with Gasteiger partial charge in [0.25, 0.3) is 0 Å². The van der Waals surface area contributed by atoms with Crippen LogP contribution in [-0.4, -0.2) is 4.98 Å². The van der Waals surface area contributed by atoms with Crippen LogP contribution >= 0.6 is 15.9 Å². The van der Waals surface area contributed by atoms with Crippen LogP contribution < -0.4 is 0 Å². The molecule has 0 N–H and O–H groups in total. The molecule has 126 valence electrons. The molecule has 3 heteroatoms. The fraction of sp³-hybridized carbons (Fsp3) is 0.0870. The van der Waals surface area contributed by atoms with Crippen LogP contribution in [-0.2, 0) is 0 Å². The van der Waals surface area contributed by atoms with Gasteiger partial charge in [-0.15, -0.1) is 0 Å². The van der Waals surface area contributed by atoms with Crippen molar-refractivity contribution in [2.75, 3.05) is 0 Å². The zero-order valence-electron chi connectivity index (χ0n) is 14.1. The first-order valence-corrected chi connectivity index (χ1v) is 9.54. The van der Waals surface area contributed by atoms with Crippen molar-refractivity contribution in [2.24, 2.45) is 0 Å². The van der Waals surface area contributed by atoms with E-state index >= 15 is 0 Å². The molecule has 0 unspecified atom stereocenters. The number of hydrogen-bond acceptors (Lipinski definition) is 2. The van der Waals surface area contributed by atoms with Gasteiger partial charge in [0.1, 0.15) is 11.2 Å². The average molecular weight is 402 g/mol. The van der Waals surface area contributed by atoms with Crippen molar-refractivity contribution in [3.05, 3.63) is 83.0 Å². The molecule has 0 saturated heterocycles. The van der Waals surface area contributed by atoms with E-state index < -0.39 is 0 Å². The third-order valence-electron chi connectivity index (χ3n) is 4.77. The average Bonchev–Trinajstić information content (AvgIpc) is 3.07. The summed E-state index contributed by atoms with van der Waals surface area (Å²) in [7, 11) is 0. The predicted octanol–water partition coefficient (Wildman–Crippen LogP) is 7.14. The van der Waals surface area contributed by atoms with Crippen LogP contribution in [0.1, 0.15) is 18.5 Å². The monoisotopic (exact) mass is 401 g/mol. The summed E-state index contributed by atoms with van der Waals surface area (Å²) in [6.07, 6.45) is 8.81. The summed E-state index contributed by atoms with van der Waals surface area (Å²) in [6.45, 7) is 0. The third-order valence-corrected chi connectivity index (χ3v) is 5.30. The second-order valence-corrected chi connectivity index (χ2v) is 7.39. The topological polar surface area (TPSA) is 26.0 Å². The number of pyridine rings is 1. The smallest absolute Gasteiger partial charge is 0.139 e. The maximum atomic E-state index is 6.17. The summed E-state index contributed by atoms with van der Waals surface area (Å²) in [6, 6.07) is 18.5. The van der Waals surface area contributed by atoms with Crippen LogP contribution in [0.4, 0.5) is 0 Å². The minimum absolute atomic E-state index is 0.883. The quantitative estimate of drug-likeness (QED) is 0.356. The first-order chi connectivity index (χ1) is 12.8. The molecule has 5 rings (SSSR count). The van der Waals surface area contributed by atoms with Crippen molar-refractivity contribution in [1.29, 1.82) is 0 Å². The molecule has 0 aliphatic heterocycles. The predicted molar refractivity (Wildman–Crippen MR) is 111 cm³/mol. The lowest BCUT2D eigenvalue weighted by molar-refractivity contribution is 0.668. The van der Waals surface area contributed by atoms with Gasteiger partial charge in [-0.1, -0.05) is 64.5 Å². The molecule has 2 aromatic heterocycles. The van der Waals surface area contributed by atoms with Gasteiger partial charge in [0.2, 0.25) is 0 Å². The van der Waals surface area contributed by atoms with Crippen molar-refractivity contribution in [1.82, 2.24) is 4.98 Å². The molecule has 4 aromatic rings. The van der Waals surface area contributed by atoms with E-state index in [0.29, 0.717) is 0 Å². The number of furan rings is 1. The number of aromatic nitrogens is 1. The van der Waals surface area contributed by atoms with Crippen LogP contribution in [0.25, 0.3) is 38.8 Å². The van der Waals surface area contributed by atoms with E-state index in [1.807, 2.05) is 24.3 Å². The van der Waals surface area contributed by atoms with Crippen LogP contribution in [0.2, 0.25) is 0 Å². The van der Waals surface area contributed by atoms with Crippen molar-refractivity contribution >= 4 is 43.4 Å². The highest BCUT2D eigenvalue weighted by Crippen LogP contribution is 2.37. The van der Waals surface area contributed by atoms with E-state index in [9.17, 15) is 0 Å². The molecule has 26 heavy (non-hydrogen) atoms. The summed E-state index contributed by atoms with van der Waals surface area (Å²) in [5.74, 6) is 0. The Morgan fingerprint density at radius 1 is 0.923 bits per heavy atom. The third kappa shape index (κ3) is 2.60. The van der Waals surface area contributed by atoms with Crippen molar-refractivity contribution in [2.45, 2.75) is 12.8 Å². The molecular formula is C23H16BrNO. The lowest BCUT2D eigenvalue weighted by atomic mass is 9.99. The standard InChI is InChI=1S/C23H16BrNO/c24-17-12-10-15(11-13-17)19-14-21-22(18-8-4-5-9-20(18)26-21)23(25-19)16-6-2-1-3-7-16/h2,4-14H,1,3H2. The Morgan fingerprint density at radius 3 is 2.58 bits per heavy atom. The number of para-hydroxylation sites is 1. The maximum Gasteiger partial charge on any atom is 0.139 e. The minimum Gasteiger partial charge on any atom is -0.456 e. The fourth-order valence-corrected chi connectivity index (χ4v) is 3.77. The molecule has 0 atom stereocenters. The lowest BCUT2D eigenvalue weighted by Crippen LogP contribution is -1.94. The second-order valence-electron chi connectivity index (χ2n) is 6.47. The zero-order chi connectivity index (χ0) is 17.5. The molecule has 0 radical (unpaired) electrons. The SMILES string of the molecule is Brc1ccc(-c2cc3oc4ccccc4c3c(C3=CCCC=C3)n2)cc1. The van der Waals surface area contributed by atoms with E-state index in [0.717, 1.165) is 56.2 Å². The van der Waals surface area contributed by atoms with Crippen LogP contribution in [0.5, 0.6) is 0 Å². The number of halogens is 1. The Bertz CT molecular complexity index is 1180. The Morgan fingerprint density at radius 2 is 1.77 bits per heavy atom. The van der Waals surface area contributed by atoms with E-state index in [1.54, 1.807) is 0 Å². The Balaban J connectivity index is 1.84. The Kier molecular flexibility index (Phi) is 3.75. The molecule has 0 bridgehead atoms. The number of nitrogens with zero attached hydrogens (tertiary/aromatic N) is 1. The van der Waals surface area contributed by atoms with Crippen LogP contribution in [0, 0.1) is 0 Å². The Labute approximate surface area is 160 Å². The van der Waals surface area contributed by atoms with Gasteiger partial charge in [-0.25, -0.2) is 4.98 Å².